The molecule has 0 saturated carbocycles. The van der Waals surface area contributed by atoms with Gasteiger partial charge in [-0.2, -0.15) is 0 Å². The lowest BCUT2D eigenvalue weighted by Crippen LogP contribution is -2.41. The maximum Gasteiger partial charge on any atom is 0.410 e. The second-order valence-corrected chi connectivity index (χ2v) is 13.6. The molecule has 4 N–H and O–H groups in total. The molecule has 1 unspecified atom stereocenters. The number of fused-ring (bicyclic) bond motifs is 2. The molecule has 0 spiro atoms. The van der Waals surface area contributed by atoms with Crippen molar-refractivity contribution in [3.8, 4) is 11.3 Å². The van der Waals surface area contributed by atoms with Crippen molar-refractivity contribution in [2.75, 3.05) is 23.4 Å². The summed E-state index contributed by atoms with van der Waals surface area (Å²) < 4.78 is 7.76. The predicted octanol–water partition coefficient (Wildman–Crippen LogP) is 8.70. The third-order valence-corrected chi connectivity index (χ3v) is 8.63. The fourth-order valence-electron chi connectivity index (χ4n) is 6.28. The van der Waals surface area contributed by atoms with Crippen LogP contribution in [-0.4, -0.2) is 50.1 Å². The summed E-state index contributed by atoms with van der Waals surface area (Å²) in [6.45, 7) is 9.88. The summed E-state index contributed by atoms with van der Waals surface area (Å²) in [7, 11) is 1.81. The van der Waals surface area contributed by atoms with E-state index in [0.29, 0.717) is 23.6 Å². The Bertz CT molecular complexity index is 2030. The van der Waals surface area contributed by atoms with E-state index in [9.17, 15) is 9.59 Å². The molecule has 2 heterocycles. The van der Waals surface area contributed by atoms with Crippen molar-refractivity contribution in [3.63, 3.8) is 0 Å². The molecule has 248 valence electrons. The number of rotatable bonds is 6. The maximum absolute atomic E-state index is 12.9. The lowest BCUT2D eigenvalue weighted by atomic mass is 9.92. The van der Waals surface area contributed by atoms with Gasteiger partial charge in [-0.25, -0.2) is 19.6 Å². The molecule has 0 saturated heterocycles. The average Bonchev–Trinajstić information content (AvgIpc) is 3.46. The fourth-order valence-corrected chi connectivity index (χ4v) is 6.28. The number of urea groups is 1. The van der Waals surface area contributed by atoms with Crippen molar-refractivity contribution in [1.29, 1.82) is 0 Å². The number of para-hydroxylation sites is 1. The second kappa shape index (κ2) is 13.0. The van der Waals surface area contributed by atoms with Crippen molar-refractivity contribution < 1.29 is 14.3 Å². The number of nitrogens with two attached hydrogens (primary N) is 1. The first kappa shape index (κ1) is 32.6. The molecule has 1 aliphatic carbocycles. The normalized spacial score (nSPS) is 15.0. The number of ether oxygens (including phenoxy) is 1. The highest BCUT2D eigenvalue weighted by molar-refractivity contribution is 6.11. The van der Waals surface area contributed by atoms with E-state index < -0.39 is 5.60 Å². The summed E-state index contributed by atoms with van der Waals surface area (Å²) >= 11 is 0. The van der Waals surface area contributed by atoms with Crippen molar-refractivity contribution in [2.24, 2.45) is 0 Å². The van der Waals surface area contributed by atoms with Crippen molar-refractivity contribution in [1.82, 2.24) is 19.3 Å². The Balaban J connectivity index is 1.38. The third kappa shape index (κ3) is 6.56. The van der Waals surface area contributed by atoms with Crippen LogP contribution in [0.5, 0.6) is 0 Å². The molecule has 1 aliphatic rings. The zero-order chi connectivity index (χ0) is 34.2. The summed E-state index contributed by atoms with van der Waals surface area (Å²) in [4.78, 5) is 37.3. The molecule has 3 aromatic carbocycles. The minimum atomic E-state index is -0.548. The molecule has 10 heteroatoms. The van der Waals surface area contributed by atoms with Crippen LogP contribution in [0.4, 0.5) is 26.8 Å². The van der Waals surface area contributed by atoms with Gasteiger partial charge in [-0.3, -0.25) is 4.40 Å². The molecule has 0 fully saturated rings. The first-order valence-electron chi connectivity index (χ1n) is 16.4. The number of nitrogen functional groups attached to an aromatic ring is 1. The van der Waals surface area contributed by atoms with Gasteiger partial charge < -0.3 is 26.0 Å². The van der Waals surface area contributed by atoms with Gasteiger partial charge in [-0.15, -0.1) is 0 Å². The molecule has 1 atom stereocenters. The fraction of sp³-hybridized carbons (Fsp3) is 0.316. The molecule has 2 aromatic heterocycles. The van der Waals surface area contributed by atoms with Gasteiger partial charge in [0.05, 0.1) is 17.6 Å². The summed E-state index contributed by atoms with van der Waals surface area (Å²) in [6.07, 6.45) is 5.97. The monoisotopic (exact) mass is 645 g/mol. The molecule has 6 rings (SSSR count). The zero-order valence-corrected chi connectivity index (χ0v) is 28.4. The van der Waals surface area contributed by atoms with Gasteiger partial charge in [0.25, 0.3) is 0 Å². The number of nitrogens with one attached hydrogen (secondary N) is 2. The SMILES string of the molecule is CC(C)c1nc(-c2ccc(NC(=O)Nc3ccccc3)c3ccccc23)c2c(N)ncc(C3=CCC(N(C)C(=O)OC(C)(C)C)CC3)n12. The van der Waals surface area contributed by atoms with Gasteiger partial charge in [0, 0.05) is 35.6 Å². The van der Waals surface area contributed by atoms with Crippen molar-refractivity contribution >= 4 is 51.2 Å². The van der Waals surface area contributed by atoms with E-state index in [4.69, 9.17) is 15.5 Å². The smallest absolute Gasteiger partial charge is 0.410 e. The van der Waals surface area contributed by atoms with E-state index in [-0.39, 0.29) is 24.1 Å². The molecule has 5 aromatic rings. The number of anilines is 3. The molecule has 3 amide bonds. The standard InChI is InChI=1S/C38H43N7O3/c1-23(2)35-43-32(29-20-21-30(28-15-11-10-14-27(28)29)42-36(46)41-25-12-8-7-9-13-25)33-34(39)40-22-31(45(33)35)24-16-18-26(19-17-24)44(6)37(47)48-38(3,4)5/h7-16,20-23,26H,17-19H2,1-6H3,(H2,39,40)(H2,41,42,46). The number of carbonyl (C=O) groups excluding carboxylic acids is 2. The van der Waals surface area contributed by atoms with Crippen LogP contribution < -0.4 is 16.4 Å². The first-order chi connectivity index (χ1) is 22.9. The maximum atomic E-state index is 12.9. The highest BCUT2D eigenvalue weighted by Gasteiger charge is 2.29. The molecular weight excluding hydrogens is 602 g/mol. The quantitative estimate of drug-likeness (QED) is 0.170. The number of aromatic nitrogens is 3. The summed E-state index contributed by atoms with van der Waals surface area (Å²) in [5.41, 5.74) is 12.0. The molecule has 0 aliphatic heterocycles. The van der Waals surface area contributed by atoms with Gasteiger partial charge >= 0.3 is 12.1 Å². The van der Waals surface area contributed by atoms with Gasteiger partial charge in [-0.05, 0) is 69.2 Å². The summed E-state index contributed by atoms with van der Waals surface area (Å²) in [6, 6.07) is 20.9. The van der Waals surface area contributed by atoms with Crippen LogP contribution in [0.2, 0.25) is 0 Å². The largest absolute Gasteiger partial charge is 0.444 e. The van der Waals surface area contributed by atoms with E-state index in [1.54, 1.807) is 11.9 Å². The minimum Gasteiger partial charge on any atom is -0.444 e. The Kier molecular flexibility index (Phi) is 8.83. The average molecular weight is 646 g/mol. The number of carbonyl (C=O) groups is 2. The Labute approximate surface area is 281 Å². The van der Waals surface area contributed by atoms with Gasteiger partial charge in [0.2, 0.25) is 0 Å². The summed E-state index contributed by atoms with van der Waals surface area (Å²) in [5.74, 6) is 1.36. The zero-order valence-electron chi connectivity index (χ0n) is 28.4. The lowest BCUT2D eigenvalue weighted by Gasteiger charge is -2.32. The number of nitrogens with zero attached hydrogens (tertiary/aromatic N) is 4. The molecule has 48 heavy (non-hydrogen) atoms. The Morgan fingerprint density at radius 2 is 1.71 bits per heavy atom. The highest BCUT2D eigenvalue weighted by atomic mass is 16.6. The number of hydrogen-bond acceptors (Lipinski definition) is 6. The van der Waals surface area contributed by atoms with Crippen LogP contribution in [0.1, 0.15) is 71.3 Å². The van der Waals surface area contributed by atoms with Crippen LogP contribution >= 0.6 is 0 Å². The topological polar surface area (TPSA) is 127 Å². The van der Waals surface area contributed by atoms with Gasteiger partial charge in [0.15, 0.2) is 0 Å². The van der Waals surface area contributed by atoms with Crippen LogP contribution in [0.25, 0.3) is 33.1 Å². The number of benzene rings is 3. The third-order valence-electron chi connectivity index (χ3n) is 8.63. The number of allylic oxidation sites excluding steroid dienone is 1. The Hall–Kier alpha value is -5.38. The predicted molar refractivity (Wildman–Crippen MR) is 193 cm³/mol. The van der Waals surface area contributed by atoms with Crippen LogP contribution in [0.15, 0.2) is 79.0 Å². The van der Waals surface area contributed by atoms with Gasteiger partial charge in [0.1, 0.15) is 28.5 Å². The molecular formula is C38H43N7O3. The number of imidazole rings is 1. The van der Waals surface area contributed by atoms with E-state index in [0.717, 1.165) is 57.5 Å². The van der Waals surface area contributed by atoms with E-state index in [1.165, 1.54) is 0 Å². The summed E-state index contributed by atoms with van der Waals surface area (Å²) in [5, 5.41) is 7.71. The Morgan fingerprint density at radius 1 is 1.00 bits per heavy atom. The second-order valence-electron chi connectivity index (χ2n) is 13.6. The van der Waals surface area contributed by atoms with E-state index in [2.05, 4.69) is 39.9 Å². The van der Waals surface area contributed by atoms with Crippen LogP contribution in [0.3, 0.4) is 0 Å². The molecule has 0 radical (unpaired) electrons. The highest BCUT2D eigenvalue weighted by Crippen LogP contribution is 2.40. The number of hydrogen-bond donors (Lipinski definition) is 3. The van der Waals surface area contributed by atoms with Crippen LogP contribution in [-0.2, 0) is 4.74 Å². The van der Waals surface area contributed by atoms with E-state index in [1.807, 2.05) is 93.7 Å². The van der Waals surface area contributed by atoms with Gasteiger partial charge in [-0.1, -0.05) is 68.5 Å². The Morgan fingerprint density at radius 3 is 2.38 bits per heavy atom. The minimum absolute atomic E-state index is 0.0389. The lowest BCUT2D eigenvalue weighted by molar-refractivity contribution is 0.0215. The molecule has 0 bridgehead atoms. The van der Waals surface area contributed by atoms with E-state index >= 15 is 0 Å². The van der Waals surface area contributed by atoms with Crippen LogP contribution in [0, 0.1) is 0 Å². The number of amides is 3. The van der Waals surface area contributed by atoms with Crippen molar-refractivity contribution in [3.05, 3.63) is 90.5 Å². The molecule has 10 nitrogen and oxygen atoms in total. The van der Waals surface area contributed by atoms with Crippen molar-refractivity contribution in [2.45, 2.75) is 71.4 Å². The first-order valence-corrected chi connectivity index (χ1v) is 16.4.